The smallest absolute Gasteiger partial charge is 0.227 e. The van der Waals surface area contributed by atoms with Crippen molar-refractivity contribution in [1.29, 1.82) is 0 Å². The maximum Gasteiger partial charge on any atom is 0.227 e. The van der Waals surface area contributed by atoms with E-state index >= 15 is 0 Å². The number of benzene rings is 2. The number of anilines is 1. The Morgan fingerprint density at radius 3 is 2.25 bits per heavy atom. The fraction of sp³-hybridized carbons (Fsp3) is 0.364. The van der Waals surface area contributed by atoms with Gasteiger partial charge in [-0.2, -0.15) is 0 Å². The maximum absolute atomic E-state index is 12.7. The third kappa shape index (κ3) is 6.66. The van der Waals surface area contributed by atoms with Crippen molar-refractivity contribution in [3.8, 4) is 0 Å². The number of nitrogens with one attached hydrogen (secondary N) is 1. The van der Waals surface area contributed by atoms with E-state index in [1.165, 1.54) is 5.56 Å². The van der Waals surface area contributed by atoms with Crippen molar-refractivity contribution < 1.29 is 9.59 Å². The number of nitrogens with zero attached hydrogens (tertiary/aromatic N) is 1. The first-order valence-corrected chi connectivity index (χ1v) is 9.57. The zero-order valence-corrected chi connectivity index (χ0v) is 16.8. The first-order chi connectivity index (χ1) is 13.2. The fourth-order valence-corrected chi connectivity index (χ4v) is 3.01. The maximum atomic E-state index is 12.7. The van der Waals surface area contributed by atoms with Gasteiger partial charge in [-0.25, -0.2) is 0 Å². The summed E-state index contributed by atoms with van der Waals surface area (Å²) in [6, 6.07) is 17.7. The minimum atomic E-state index is 0. The molecule has 0 heterocycles. The number of carbonyl (C=O) groups excluding carboxylic acids is 2. The number of carbonyl (C=O) groups is 2. The molecule has 150 valence electrons. The van der Waals surface area contributed by atoms with E-state index in [0.717, 1.165) is 30.5 Å². The molecule has 0 unspecified atom stereocenters. The van der Waals surface area contributed by atoms with Gasteiger partial charge in [0.15, 0.2) is 0 Å². The van der Waals surface area contributed by atoms with Gasteiger partial charge in [0, 0.05) is 31.2 Å². The van der Waals surface area contributed by atoms with Crippen LogP contribution in [0.5, 0.6) is 0 Å². The summed E-state index contributed by atoms with van der Waals surface area (Å²) in [4.78, 5) is 26.3. The van der Waals surface area contributed by atoms with E-state index in [1.807, 2.05) is 47.4 Å². The van der Waals surface area contributed by atoms with Crippen molar-refractivity contribution >= 4 is 29.9 Å². The summed E-state index contributed by atoms with van der Waals surface area (Å²) in [5.74, 6) is 0.348. The lowest BCUT2D eigenvalue weighted by Gasteiger charge is -2.22. The van der Waals surface area contributed by atoms with Gasteiger partial charge in [-0.1, -0.05) is 42.5 Å². The fourth-order valence-electron chi connectivity index (χ4n) is 3.01. The number of hydrogen-bond acceptors (Lipinski definition) is 3. The SMILES string of the molecule is Cl.NCCN(CCc1ccccc1)C(=O)Cc1ccc(NC(=O)C2CC2)cc1. The van der Waals surface area contributed by atoms with Crippen molar-refractivity contribution in [2.45, 2.75) is 25.7 Å². The van der Waals surface area contributed by atoms with Gasteiger partial charge >= 0.3 is 0 Å². The summed E-state index contributed by atoms with van der Waals surface area (Å²) < 4.78 is 0. The van der Waals surface area contributed by atoms with Gasteiger partial charge < -0.3 is 16.0 Å². The van der Waals surface area contributed by atoms with Gasteiger partial charge in [0.1, 0.15) is 0 Å². The van der Waals surface area contributed by atoms with Crippen molar-refractivity contribution in [2.75, 3.05) is 25.0 Å². The van der Waals surface area contributed by atoms with Crippen molar-refractivity contribution in [3.05, 3.63) is 65.7 Å². The molecule has 6 heteroatoms. The van der Waals surface area contributed by atoms with Crippen LogP contribution in [-0.2, 0) is 22.4 Å². The van der Waals surface area contributed by atoms with Gasteiger partial charge in [-0.05, 0) is 42.5 Å². The molecule has 0 radical (unpaired) electrons. The van der Waals surface area contributed by atoms with E-state index in [4.69, 9.17) is 5.73 Å². The second-order valence-electron chi connectivity index (χ2n) is 7.04. The molecule has 3 rings (SSSR count). The first-order valence-electron chi connectivity index (χ1n) is 9.57. The van der Waals surface area contributed by atoms with Crippen LogP contribution in [0.15, 0.2) is 54.6 Å². The molecule has 2 aromatic rings. The third-order valence-electron chi connectivity index (χ3n) is 4.79. The highest BCUT2D eigenvalue weighted by Crippen LogP contribution is 2.30. The highest BCUT2D eigenvalue weighted by molar-refractivity contribution is 5.94. The summed E-state index contributed by atoms with van der Waals surface area (Å²) in [5.41, 5.74) is 8.62. The Hall–Kier alpha value is -2.37. The number of amides is 2. The molecule has 1 aliphatic rings. The van der Waals surface area contributed by atoms with Crippen molar-refractivity contribution in [3.63, 3.8) is 0 Å². The molecule has 2 aromatic carbocycles. The van der Waals surface area contributed by atoms with Crippen LogP contribution in [0.25, 0.3) is 0 Å². The quantitative estimate of drug-likeness (QED) is 0.678. The number of nitrogens with two attached hydrogens (primary N) is 1. The third-order valence-corrected chi connectivity index (χ3v) is 4.79. The van der Waals surface area contributed by atoms with Crippen LogP contribution in [0.2, 0.25) is 0 Å². The molecule has 0 aliphatic heterocycles. The Bertz CT molecular complexity index is 761. The summed E-state index contributed by atoms with van der Waals surface area (Å²) in [6.45, 7) is 1.67. The van der Waals surface area contributed by atoms with E-state index in [9.17, 15) is 9.59 Å². The largest absolute Gasteiger partial charge is 0.341 e. The molecule has 3 N–H and O–H groups in total. The monoisotopic (exact) mass is 401 g/mol. The normalized spacial score (nSPS) is 12.8. The molecule has 5 nitrogen and oxygen atoms in total. The minimum Gasteiger partial charge on any atom is -0.341 e. The molecule has 0 saturated heterocycles. The Morgan fingerprint density at radius 1 is 0.964 bits per heavy atom. The molecule has 1 saturated carbocycles. The molecule has 2 amide bonds. The van der Waals surface area contributed by atoms with Crippen LogP contribution < -0.4 is 11.1 Å². The van der Waals surface area contributed by atoms with E-state index < -0.39 is 0 Å². The molecule has 0 aromatic heterocycles. The van der Waals surface area contributed by atoms with E-state index in [1.54, 1.807) is 0 Å². The van der Waals surface area contributed by atoms with Gasteiger partial charge in [0.05, 0.1) is 6.42 Å². The van der Waals surface area contributed by atoms with E-state index in [0.29, 0.717) is 26.1 Å². The van der Waals surface area contributed by atoms with E-state index in [2.05, 4.69) is 17.4 Å². The lowest BCUT2D eigenvalue weighted by molar-refractivity contribution is -0.130. The lowest BCUT2D eigenvalue weighted by Crippen LogP contribution is -2.37. The Morgan fingerprint density at radius 2 is 1.64 bits per heavy atom. The van der Waals surface area contributed by atoms with Gasteiger partial charge in [0.25, 0.3) is 0 Å². The molecule has 0 atom stereocenters. The highest BCUT2D eigenvalue weighted by Gasteiger charge is 2.29. The predicted octanol–water partition coefficient (Wildman–Crippen LogP) is 3.03. The predicted molar refractivity (Wildman–Crippen MR) is 115 cm³/mol. The first kappa shape index (κ1) is 21.9. The van der Waals surface area contributed by atoms with E-state index in [-0.39, 0.29) is 30.1 Å². The topological polar surface area (TPSA) is 75.4 Å². The molecule has 0 bridgehead atoms. The average Bonchev–Trinajstić information content (AvgIpc) is 3.53. The molecule has 0 spiro atoms. The summed E-state index contributed by atoms with van der Waals surface area (Å²) >= 11 is 0. The summed E-state index contributed by atoms with van der Waals surface area (Å²) in [7, 11) is 0. The summed E-state index contributed by atoms with van der Waals surface area (Å²) in [6.07, 6.45) is 3.13. The summed E-state index contributed by atoms with van der Waals surface area (Å²) in [5, 5.41) is 2.92. The van der Waals surface area contributed by atoms with Crippen LogP contribution in [-0.4, -0.2) is 36.3 Å². The lowest BCUT2D eigenvalue weighted by atomic mass is 10.1. The molecule has 1 fully saturated rings. The van der Waals surface area contributed by atoms with Crippen molar-refractivity contribution in [2.24, 2.45) is 11.7 Å². The van der Waals surface area contributed by atoms with Crippen molar-refractivity contribution in [1.82, 2.24) is 4.90 Å². The van der Waals surface area contributed by atoms with Crippen LogP contribution in [0.4, 0.5) is 5.69 Å². The molecular formula is C22H28ClN3O2. The molecular weight excluding hydrogens is 374 g/mol. The number of hydrogen-bond donors (Lipinski definition) is 2. The standard InChI is InChI=1S/C22H27N3O2.ClH/c23-13-15-25(14-12-17-4-2-1-3-5-17)21(26)16-18-6-10-20(11-7-18)24-22(27)19-8-9-19;/h1-7,10-11,19H,8-9,12-16,23H2,(H,24,27);1H. The second kappa shape index (κ2) is 10.8. The minimum absolute atomic E-state index is 0. The number of halogens is 1. The Kier molecular flexibility index (Phi) is 8.48. The van der Waals surface area contributed by atoms with Gasteiger partial charge in [-0.3, -0.25) is 9.59 Å². The average molecular weight is 402 g/mol. The molecule has 1 aliphatic carbocycles. The Labute approximate surface area is 172 Å². The zero-order valence-electron chi connectivity index (χ0n) is 16.0. The zero-order chi connectivity index (χ0) is 19.1. The van der Waals surface area contributed by atoms with Crippen LogP contribution in [0.1, 0.15) is 24.0 Å². The van der Waals surface area contributed by atoms with Gasteiger partial charge in [0.2, 0.25) is 11.8 Å². The van der Waals surface area contributed by atoms with Crippen LogP contribution in [0, 0.1) is 5.92 Å². The van der Waals surface area contributed by atoms with Crippen LogP contribution >= 0.6 is 12.4 Å². The Balaban J connectivity index is 0.00000280. The van der Waals surface area contributed by atoms with Gasteiger partial charge in [-0.15, -0.1) is 12.4 Å². The number of rotatable bonds is 9. The molecule has 28 heavy (non-hydrogen) atoms. The second-order valence-corrected chi connectivity index (χ2v) is 7.04. The highest BCUT2D eigenvalue weighted by atomic mass is 35.5. The van der Waals surface area contributed by atoms with Crippen LogP contribution in [0.3, 0.4) is 0 Å².